The lowest BCUT2D eigenvalue weighted by Gasteiger charge is -2.30. The molecule has 1 aliphatic rings. The number of rotatable bonds is 4. The van der Waals surface area contributed by atoms with Crippen molar-refractivity contribution < 1.29 is 9.59 Å². The predicted molar refractivity (Wildman–Crippen MR) is 91.0 cm³/mol. The smallest absolute Gasteiger partial charge is 0.274 e. The van der Waals surface area contributed by atoms with Crippen LogP contribution in [0.25, 0.3) is 0 Å². The summed E-state index contributed by atoms with van der Waals surface area (Å²) in [5.41, 5.74) is 7.44. The molecule has 0 aliphatic carbocycles. The molecule has 0 unspecified atom stereocenters. The first-order valence-electron chi connectivity index (χ1n) is 7.91. The second-order valence-corrected chi connectivity index (χ2v) is 5.69. The maximum absolute atomic E-state index is 12.4. The first-order valence-corrected chi connectivity index (χ1v) is 7.91. The van der Waals surface area contributed by atoms with Crippen LogP contribution < -0.4 is 16.0 Å². The van der Waals surface area contributed by atoms with Gasteiger partial charge in [-0.2, -0.15) is 0 Å². The van der Waals surface area contributed by atoms with Crippen LogP contribution in [0.1, 0.15) is 40.1 Å². The number of amides is 2. The van der Waals surface area contributed by atoms with E-state index in [2.05, 4.69) is 20.2 Å². The third-order valence-electron chi connectivity index (χ3n) is 4.04. The lowest BCUT2D eigenvalue weighted by molar-refractivity contribution is 0.0995. The van der Waals surface area contributed by atoms with E-state index in [9.17, 15) is 9.59 Å². The lowest BCUT2D eigenvalue weighted by Crippen LogP contribution is -2.30. The number of benzene rings is 1. The van der Waals surface area contributed by atoms with Crippen LogP contribution in [0, 0.1) is 0 Å². The standard InChI is InChI=1S/C17H19N5O2/c18-16(23)12-4-5-15(22-8-2-1-3-9-22)14(10-12)21-17(24)13-6-7-19-11-20-13/h4-7,10-11H,1-3,8-9H2,(H2,18,23)(H,21,24). The van der Waals surface area contributed by atoms with Gasteiger partial charge in [0.1, 0.15) is 12.0 Å². The molecule has 1 aromatic carbocycles. The Balaban J connectivity index is 1.92. The van der Waals surface area contributed by atoms with E-state index in [-0.39, 0.29) is 11.6 Å². The van der Waals surface area contributed by atoms with E-state index >= 15 is 0 Å². The van der Waals surface area contributed by atoms with E-state index in [0.717, 1.165) is 31.6 Å². The van der Waals surface area contributed by atoms with Gasteiger partial charge in [0.15, 0.2) is 0 Å². The molecule has 0 bridgehead atoms. The zero-order chi connectivity index (χ0) is 16.9. The molecule has 2 heterocycles. The maximum atomic E-state index is 12.4. The van der Waals surface area contributed by atoms with Crippen molar-refractivity contribution >= 4 is 23.2 Å². The van der Waals surface area contributed by atoms with Crippen molar-refractivity contribution in [3.8, 4) is 0 Å². The van der Waals surface area contributed by atoms with Crippen molar-refractivity contribution in [2.24, 2.45) is 5.73 Å². The Morgan fingerprint density at radius 2 is 1.92 bits per heavy atom. The number of hydrogen-bond donors (Lipinski definition) is 2. The molecule has 3 rings (SSSR count). The molecule has 0 spiro atoms. The number of nitrogens with zero attached hydrogens (tertiary/aromatic N) is 3. The average molecular weight is 325 g/mol. The van der Waals surface area contributed by atoms with E-state index in [1.54, 1.807) is 12.1 Å². The van der Waals surface area contributed by atoms with Crippen LogP contribution in [0.15, 0.2) is 36.8 Å². The molecule has 24 heavy (non-hydrogen) atoms. The maximum Gasteiger partial charge on any atom is 0.274 e. The summed E-state index contributed by atoms with van der Waals surface area (Å²) < 4.78 is 0. The van der Waals surface area contributed by atoms with Gasteiger partial charge in [-0.15, -0.1) is 0 Å². The number of anilines is 2. The predicted octanol–water partition coefficient (Wildman–Crippen LogP) is 1.82. The van der Waals surface area contributed by atoms with Gasteiger partial charge in [0, 0.05) is 24.8 Å². The highest BCUT2D eigenvalue weighted by Gasteiger charge is 2.18. The summed E-state index contributed by atoms with van der Waals surface area (Å²) in [6.45, 7) is 1.85. The number of piperidine rings is 1. The van der Waals surface area contributed by atoms with E-state index in [4.69, 9.17) is 5.73 Å². The molecule has 2 aromatic rings. The number of hydrogen-bond acceptors (Lipinski definition) is 5. The van der Waals surface area contributed by atoms with Crippen molar-refractivity contribution in [3.63, 3.8) is 0 Å². The van der Waals surface area contributed by atoms with Gasteiger partial charge in [0.25, 0.3) is 5.91 Å². The van der Waals surface area contributed by atoms with Crippen molar-refractivity contribution in [2.45, 2.75) is 19.3 Å². The first kappa shape index (κ1) is 15.9. The van der Waals surface area contributed by atoms with Gasteiger partial charge in [-0.3, -0.25) is 9.59 Å². The van der Waals surface area contributed by atoms with E-state index in [1.807, 2.05) is 6.07 Å². The molecule has 0 saturated carbocycles. The molecule has 3 N–H and O–H groups in total. The van der Waals surface area contributed by atoms with Crippen LogP contribution in [0.5, 0.6) is 0 Å². The summed E-state index contributed by atoms with van der Waals surface area (Å²) in [6, 6.07) is 6.67. The van der Waals surface area contributed by atoms with Gasteiger partial charge in [0.05, 0.1) is 11.4 Å². The number of carbonyl (C=O) groups excluding carboxylic acids is 2. The molecule has 1 aromatic heterocycles. The molecule has 124 valence electrons. The van der Waals surface area contributed by atoms with Crippen molar-refractivity contribution in [3.05, 3.63) is 48.0 Å². The normalized spacial score (nSPS) is 14.2. The van der Waals surface area contributed by atoms with E-state index in [0.29, 0.717) is 11.3 Å². The Labute approximate surface area is 139 Å². The fourth-order valence-electron chi connectivity index (χ4n) is 2.81. The highest BCUT2D eigenvalue weighted by atomic mass is 16.2. The second-order valence-electron chi connectivity index (χ2n) is 5.69. The fraction of sp³-hybridized carbons (Fsp3) is 0.294. The summed E-state index contributed by atoms with van der Waals surface area (Å²) in [5, 5.41) is 2.84. The highest BCUT2D eigenvalue weighted by Crippen LogP contribution is 2.30. The first-order chi connectivity index (χ1) is 11.6. The molecule has 7 nitrogen and oxygen atoms in total. The Morgan fingerprint density at radius 1 is 1.12 bits per heavy atom. The van der Waals surface area contributed by atoms with Gasteiger partial charge in [-0.1, -0.05) is 0 Å². The number of nitrogens with one attached hydrogen (secondary N) is 1. The fourth-order valence-corrected chi connectivity index (χ4v) is 2.81. The molecule has 7 heteroatoms. The summed E-state index contributed by atoms with van der Waals surface area (Å²) in [7, 11) is 0. The SMILES string of the molecule is NC(=O)c1ccc(N2CCCCC2)c(NC(=O)c2ccncn2)c1. The minimum absolute atomic E-state index is 0.263. The molecule has 0 radical (unpaired) electrons. The number of primary amides is 1. The molecule has 1 fully saturated rings. The highest BCUT2D eigenvalue weighted by molar-refractivity contribution is 6.06. The molecule has 0 atom stereocenters. The summed E-state index contributed by atoms with van der Waals surface area (Å²) in [5.74, 6) is -0.880. The van der Waals surface area contributed by atoms with Crippen molar-refractivity contribution in [1.29, 1.82) is 0 Å². The van der Waals surface area contributed by atoms with Crippen LogP contribution in [-0.2, 0) is 0 Å². The molecule has 1 saturated heterocycles. The van der Waals surface area contributed by atoms with Gasteiger partial charge in [-0.05, 0) is 43.5 Å². The third kappa shape index (κ3) is 3.51. The minimum Gasteiger partial charge on any atom is -0.370 e. The Morgan fingerprint density at radius 3 is 2.58 bits per heavy atom. The number of nitrogens with two attached hydrogens (primary N) is 1. The second kappa shape index (κ2) is 7.08. The Hall–Kier alpha value is -2.96. The van der Waals surface area contributed by atoms with Gasteiger partial charge in [-0.25, -0.2) is 9.97 Å². The van der Waals surface area contributed by atoms with Crippen LogP contribution >= 0.6 is 0 Å². The molecular formula is C17H19N5O2. The molecule has 2 amide bonds. The van der Waals surface area contributed by atoms with Crippen LogP contribution in [-0.4, -0.2) is 34.9 Å². The monoisotopic (exact) mass is 325 g/mol. The molecule has 1 aliphatic heterocycles. The van der Waals surface area contributed by atoms with Crippen LogP contribution in [0.3, 0.4) is 0 Å². The van der Waals surface area contributed by atoms with Gasteiger partial charge < -0.3 is 16.0 Å². The zero-order valence-corrected chi connectivity index (χ0v) is 13.2. The van der Waals surface area contributed by atoms with Crippen molar-refractivity contribution in [1.82, 2.24) is 9.97 Å². The number of aromatic nitrogens is 2. The zero-order valence-electron chi connectivity index (χ0n) is 13.2. The van der Waals surface area contributed by atoms with Crippen molar-refractivity contribution in [2.75, 3.05) is 23.3 Å². The lowest BCUT2D eigenvalue weighted by atomic mass is 10.1. The quantitative estimate of drug-likeness (QED) is 0.893. The molecular weight excluding hydrogens is 306 g/mol. The Bertz CT molecular complexity index is 742. The Kier molecular flexibility index (Phi) is 4.69. The average Bonchev–Trinajstić information content (AvgIpc) is 2.63. The number of carbonyl (C=O) groups is 2. The van der Waals surface area contributed by atoms with E-state index < -0.39 is 5.91 Å². The third-order valence-corrected chi connectivity index (χ3v) is 4.04. The topological polar surface area (TPSA) is 101 Å². The van der Waals surface area contributed by atoms with E-state index in [1.165, 1.54) is 25.0 Å². The van der Waals surface area contributed by atoms with Crippen LogP contribution in [0.2, 0.25) is 0 Å². The minimum atomic E-state index is -0.530. The summed E-state index contributed by atoms with van der Waals surface area (Å²) >= 11 is 0. The van der Waals surface area contributed by atoms with Gasteiger partial charge >= 0.3 is 0 Å². The summed E-state index contributed by atoms with van der Waals surface area (Å²) in [6.07, 6.45) is 6.25. The summed E-state index contributed by atoms with van der Waals surface area (Å²) in [4.78, 5) is 33.8. The van der Waals surface area contributed by atoms with Gasteiger partial charge in [0.2, 0.25) is 5.91 Å². The largest absolute Gasteiger partial charge is 0.370 e. The van der Waals surface area contributed by atoms with Crippen LogP contribution in [0.4, 0.5) is 11.4 Å².